The third-order valence-electron chi connectivity index (χ3n) is 5.23. The van der Waals surface area contributed by atoms with Crippen LogP contribution < -0.4 is 5.32 Å². The number of hydrogen-bond donors (Lipinski definition) is 1. The molecule has 0 radical (unpaired) electrons. The predicted molar refractivity (Wildman–Crippen MR) is 118 cm³/mol. The molecule has 30 heavy (non-hydrogen) atoms. The van der Waals surface area contributed by atoms with E-state index in [1.807, 2.05) is 42.8 Å². The summed E-state index contributed by atoms with van der Waals surface area (Å²) in [6.45, 7) is 4.13. The van der Waals surface area contributed by atoms with Gasteiger partial charge in [0.2, 0.25) is 5.95 Å². The molecule has 0 saturated heterocycles. The Balaban J connectivity index is 1.73. The zero-order valence-corrected chi connectivity index (χ0v) is 17.5. The Labute approximate surface area is 176 Å². The molecule has 2 aromatic heterocycles. The molecule has 0 bridgehead atoms. The Morgan fingerprint density at radius 2 is 1.83 bits per heavy atom. The second-order valence-corrected chi connectivity index (χ2v) is 7.29. The van der Waals surface area contributed by atoms with E-state index in [9.17, 15) is 5.26 Å². The monoisotopic (exact) mass is 396 g/mol. The van der Waals surface area contributed by atoms with Crippen molar-refractivity contribution >= 4 is 11.6 Å². The van der Waals surface area contributed by atoms with E-state index in [1.165, 1.54) is 5.56 Å². The molecule has 0 fully saturated rings. The number of hydrogen-bond acceptors (Lipinski definition) is 5. The van der Waals surface area contributed by atoms with Gasteiger partial charge >= 0.3 is 0 Å². The van der Waals surface area contributed by atoms with Gasteiger partial charge < -0.3 is 5.32 Å². The lowest BCUT2D eigenvalue weighted by Gasteiger charge is -2.12. The molecule has 0 spiro atoms. The first-order valence-electron chi connectivity index (χ1n) is 10.2. The number of nitrogens with zero attached hydrogens (tertiary/aromatic N) is 5. The second-order valence-electron chi connectivity index (χ2n) is 7.29. The standard InChI is InChI=1S/C24H24N6/c1-4-7-22-21(23-28-24(26-3)29-30(23)16(2)27-22)14-17-10-12-18(13-11-17)20-9-6-5-8-19(20)15-25/h5-6,8-13H,4,7,14H2,1-3H3,(H,26,29). The third kappa shape index (κ3) is 3.62. The van der Waals surface area contributed by atoms with Crippen molar-refractivity contribution in [1.29, 1.82) is 5.26 Å². The molecule has 4 rings (SSSR count). The highest BCUT2D eigenvalue weighted by atomic mass is 15.4. The van der Waals surface area contributed by atoms with Crippen LogP contribution in [0.25, 0.3) is 16.8 Å². The number of rotatable bonds is 6. The molecule has 4 aromatic rings. The summed E-state index contributed by atoms with van der Waals surface area (Å²) in [7, 11) is 1.82. The highest BCUT2D eigenvalue weighted by Crippen LogP contribution is 2.26. The Bertz CT molecular complexity index is 1230. The third-order valence-corrected chi connectivity index (χ3v) is 5.23. The van der Waals surface area contributed by atoms with Gasteiger partial charge in [0.25, 0.3) is 0 Å². The Morgan fingerprint density at radius 1 is 1.07 bits per heavy atom. The highest BCUT2D eigenvalue weighted by molar-refractivity contribution is 5.70. The number of aryl methyl sites for hydroxylation is 2. The first-order chi connectivity index (χ1) is 14.6. The molecule has 0 aliphatic rings. The summed E-state index contributed by atoms with van der Waals surface area (Å²) in [6, 6.07) is 18.3. The average Bonchev–Trinajstić information content (AvgIpc) is 3.22. The fourth-order valence-corrected chi connectivity index (χ4v) is 3.74. The van der Waals surface area contributed by atoms with Crippen LogP contribution in [0.4, 0.5) is 5.95 Å². The van der Waals surface area contributed by atoms with Gasteiger partial charge in [-0.1, -0.05) is 55.8 Å². The molecular formula is C24H24N6. The zero-order chi connectivity index (χ0) is 21.1. The highest BCUT2D eigenvalue weighted by Gasteiger charge is 2.16. The van der Waals surface area contributed by atoms with Gasteiger partial charge in [0.1, 0.15) is 5.82 Å². The van der Waals surface area contributed by atoms with Crippen molar-refractivity contribution < 1.29 is 0 Å². The minimum atomic E-state index is 0.596. The summed E-state index contributed by atoms with van der Waals surface area (Å²) in [4.78, 5) is 9.50. The van der Waals surface area contributed by atoms with Gasteiger partial charge in [0.15, 0.2) is 5.65 Å². The molecule has 6 nitrogen and oxygen atoms in total. The number of nitriles is 1. The van der Waals surface area contributed by atoms with Crippen LogP contribution in [0, 0.1) is 18.3 Å². The molecular weight excluding hydrogens is 372 g/mol. The van der Waals surface area contributed by atoms with Crippen LogP contribution in [0.15, 0.2) is 48.5 Å². The van der Waals surface area contributed by atoms with E-state index in [-0.39, 0.29) is 0 Å². The van der Waals surface area contributed by atoms with E-state index < -0.39 is 0 Å². The molecule has 6 heteroatoms. The fourth-order valence-electron chi connectivity index (χ4n) is 3.74. The molecule has 0 amide bonds. The topological polar surface area (TPSA) is 78.9 Å². The maximum Gasteiger partial charge on any atom is 0.242 e. The van der Waals surface area contributed by atoms with Crippen molar-refractivity contribution in [2.75, 3.05) is 12.4 Å². The summed E-state index contributed by atoms with van der Waals surface area (Å²) < 4.78 is 1.82. The van der Waals surface area contributed by atoms with E-state index in [1.54, 1.807) is 0 Å². The van der Waals surface area contributed by atoms with Gasteiger partial charge in [-0.15, -0.1) is 5.10 Å². The van der Waals surface area contributed by atoms with Crippen LogP contribution in [-0.2, 0) is 12.8 Å². The van der Waals surface area contributed by atoms with Gasteiger partial charge in [-0.25, -0.2) is 4.98 Å². The van der Waals surface area contributed by atoms with Crippen LogP contribution in [-0.4, -0.2) is 26.6 Å². The lowest BCUT2D eigenvalue weighted by Crippen LogP contribution is -2.08. The molecule has 0 atom stereocenters. The van der Waals surface area contributed by atoms with Crippen molar-refractivity contribution in [3.8, 4) is 17.2 Å². The van der Waals surface area contributed by atoms with Crippen LogP contribution in [0.5, 0.6) is 0 Å². The molecule has 0 aliphatic heterocycles. The maximum atomic E-state index is 9.38. The first kappa shape index (κ1) is 19.6. The average molecular weight is 396 g/mol. The summed E-state index contributed by atoms with van der Waals surface area (Å²) in [5.41, 5.74) is 6.90. The van der Waals surface area contributed by atoms with E-state index in [0.717, 1.165) is 53.1 Å². The van der Waals surface area contributed by atoms with E-state index in [2.05, 4.69) is 52.7 Å². The fraction of sp³-hybridized carbons (Fsp3) is 0.250. The molecule has 0 unspecified atom stereocenters. The van der Waals surface area contributed by atoms with Crippen molar-refractivity contribution in [3.63, 3.8) is 0 Å². The quantitative estimate of drug-likeness (QED) is 0.517. The SMILES string of the molecule is CCCc1nc(C)n2nc(NC)nc2c1Cc1ccc(-c2ccccc2C#N)cc1. The van der Waals surface area contributed by atoms with Gasteiger partial charge in [-0.05, 0) is 36.1 Å². The summed E-state index contributed by atoms with van der Waals surface area (Å²) >= 11 is 0. The van der Waals surface area contributed by atoms with Crippen molar-refractivity contribution in [3.05, 3.63) is 76.7 Å². The van der Waals surface area contributed by atoms with Gasteiger partial charge in [0, 0.05) is 24.7 Å². The number of fused-ring (bicyclic) bond motifs is 1. The molecule has 150 valence electrons. The van der Waals surface area contributed by atoms with Crippen LogP contribution in [0.1, 0.15) is 41.6 Å². The number of anilines is 1. The lowest BCUT2D eigenvalue weighted by molar-refractivity contribution is 0.792. The van der Waals surface area contributed by atoms with Crippen molar-refractivity contribution in [2.45, 2.75) is 33.1 Å². The summed E-state index contributed by atoms with van der Waals surface area (Å²) in [6.07, 6.45) is 2.66. The second kappa shape index (κ2) is 8.34. The molecule has 2 heterocycles. The number of aromatic nitrogens is 4. The van der Waals surface area contributed by atoms with Crippen LogP contribution in [0.3, 0.4) is 0 Å². The number of benzene rings is 2. The van der Waals surface area contributed by atoms with E-state index in [4.69, 9.17) is 4.98 Å². The van der Waals surface area contributed by atoms with Crippen molar-refractivity contribution in [2.24, 2.45) is 0 Å². The molecule has 0 aliphatic carbocycles. The minimum absolute atomic E-state index is 0.596. The lowest BCUT2D eigenvalue weighted by atomic mass is 9.97. The Hall–Kier alpha value is -3.72. The maximum absolute atomic E-state index is 9.38. The predicted octanol–water partition coefficient (Wildman–Crippen LogP) is 4.56. The van der Waals surface area contributed by atoms with Crippen LogP contribution >= 0.6 is 0 Å². The Kier molecular flexibility index (Phi) is 5.44. The van der Waals surface area contributed by atoms with Gasteiger partial charge in [-0.3, -0.25) is 0 Å². The summed E-state index contributed by atoms with van der Waals surface area (Å²) in [5, 5.41) is 16.9. The number of nitrogens with one attached hydrogen (secondary N) is 1. The largest absolute Gasteiger partial charge is 0.356 e. The summed E-state index contributed by atoms with van der Waals surface area (Å²) in [5.74, 6) is 1.44. The first-order valence-corrected chi connectivity index (χ1v) is 10.2. The van der Waals surface area contributed by atoms with Crippen LogP contribution in [0.2, 0.25) is 0 Å². The molecule has 2 aromatic carbocycles. The van der Waals surface area contributed by atoms with E-state index in [0.29, 0.717) is 11.5 Å². The molecule has 1 N–H and O–H groups in total. The normalized spacial score (nSPS) is 10.9. The van der Waals surface area contributed by atoms with E-state index >= 15 is 0 Å². The van der Waals surface area contributed by atoms with Gasteiger partial charge in [0.05, 0.1) is 11.6 Å². The molecule has 0 saturated carbocycles. The zero-order valence-electron chi connectivity index (χ0n) is 17.5. The minimum Gasteiger partial charge on any atom is -0.356 e. The Morgan fingerprint density at radius 3 is 2.53 bits per heavy atom. The van der Waals surface area contributed by atoms with Crippen molar-refractivity contribution in [1.82, 2.24) is 19.6 Å². The smallest absolute Gasteiger partial charge is 0.242 e. The van der Waals surface area contributed by atoms with Gasteiger partial charge in [-0.2, -0.15) is 14.8 Å².